The van der Waals surface area contributed by atoms with Gasteiger partial charge in [-0.25, -0.2) is 4.39 Å². The van der Waals surface area contributed by atoms with Crippen molar-refractivity contribution in [1.29, 1.82) is 0 Å². The van der Waals surface area contributed by atoms with Gasteiger partial charge in [-0.15, -0.1) is 34.8 Å². The second kappa shape index (κ2) is 6.29. The van der Waals surface area contributed by atoms with Gasteiger partial charge in [0.1, 0.15) is 11.8 Å². The molecule has 28 heavy (non-hydrogen) atoms. The number of Topliss-reactive ketones (excluding diaryl/α,β-unsaturated/α-hetero) is 1. The number of hydrogen-bond acceptors (Lipinski definition) is 3. The van der Waals surface area contributed by atoms with Crippen LogP contribution in [-0.2, 0) is 9.59 Å². The second-order valence-electron chi connectivity index (χ2n) is 9.27. The van der Waals surface area contributed by atoms with Gasteiger partial charge in [-0.1, -0.05) is 19.9 Å². The zero-order valence-electron chi connectivity index (χ0n) is 15.9. The Balaban J connectivity index is 1.84. The smallest absolute Gasteiger partial charge is 0.179 e. The molecule has 3 fully saturated rings. The van der Waals surface area contributed by atoms with Crippen molar-refractivity contribution in [3.8, 4) is 0 Å². The Morgan fingerprint density at radius 1 is 1.36 bits per heavy atom. The molecule has 0 unspecified atom stereocenters. The molecule has 1 N–H and O–H groups in total. The summed E-state index contributed by atoms with van der Waals surface area (Å²) >= 11 is 20.0. The van der Waals surface area contributed by atoms with Crippen LogP contribution in [0.15, 0.2) is 23.8 Å². The minimum Gasteiger partial charge on any atom is -0.381 e. The van der Waals surface area contributed by atoms with Gasteiger partial charge in [0.25, 0.3) is 0 Å². The molecule has 0 heterocycles. The van der Waals surface area contributed by atoms with Crippen molar-refractivity contribution >= 4 is 46.4 Å². The normalized spacial score (nSPS) is 52.5. The maximum Gasteiger partial charge on any atom is 0.179 e. The maximum atomic E-state index is 15.3. The number of hydrogen-bond donors (Lipinski definition) is 1. The first-order valence-electron chi connectivity index (χ1n) is 9.69. The lowest BCUT2D eigenvalue weighted by Gasteiger charge is -2.64. The van der Waals surface area contributed by atoms with E-state index in [9.17, 15) is 14.7 Å². The Hall–Kier alpha value is -0.420. The zero-order chi connectivity index (χ0) is 20.7. The average Bonchev–Trinajstić information content (AvgIpc) is 2.91. The average molecular weight is 450 g/mol. The van der Waals surface area contributed by atoms with E-state index in [4.69, 9.17) is 34.8 Å². The summed E-state index contributed by atoms with van der Waals surface area (Å²) in [6.07, 6.45) is 4.44. The number of carbonyl (C=O) groups is 2. The molecule has 0 radical (unpaired) electrons. The van der Waals surface area contributed by atoms with E-state index in [1.54, 1.807) is 6.08 Å². The lowest BCUT2D eigenvalue weighted by molar-refractivity contribution is -0.157. The Morgan fingerprint density at radius 3 is 2.68 bits per heavy atom. The quantitative estimate of drug-likeness (QED) is 0.637. The summed E-state index contributed by atoms with van der Waals surface area (Å²) in [5.41, 5.74) is -2.92. The Bertz CT molecular complexity index is 813. The van der Waals surface area contributed by atoms with E-state index in [0.717, 1.165) is 0 Å². The highest BCUT2D eigenvalue weighted by Crippen LogP contribution is 2.71. The number of fused-ring (bicyclic) bond motifs is 5. The van der Waals surface area contributed by atoms with E-state index in [2.05, 4.69) is 0 Å². The number of allylic oxidation sites excluding steroid dienone is 4. The van der Waals surface area contributed by atoms with Gasteiger partial charge in [-0.3, -0.25) is 9.59 Å². The highest BCUT2D eigenvalue weighted by molar-refractivity contribution is 6.34. The number of alkyl halides is 4. The lowest BCUT2D eigenvalue weighted by atomic mass is 9.46. The molecule has 0 aromatic heterocycles. The molecular weight excluding hydrogens is 426 g/mol. The molecule has 3 nitrogen and oxygen atoms in total. The number of aliphatic hydroxyl groups is 1. The standard InChI is InChI=1S/C21H24Cl3FO3/c1-18-5-3-11(26)7-14(18)15(25)8-13-12-4-6-20(28,17(27)10-22)19(12,2)9-16(23)21(13,18)24/h3,5,7,12-13,15-16,28H,4,6,8-10H2,1-2H3/t12-,13-,15-,16-,18-,19-,20-,21-/m0/s1. The minimum absolute atomic E-state index is 0.126. The van der Waals surface area contributed by atoms with Crippen LogP contribution in [0.1, 0.15) is 39.5 Å². The number of carbonyl (C=O) groups excluding carboxylic acids is 2. The van der Waals surface area contributed by atoms with Gasteiger partial charge in [0.2, 0.25) is 0 Å². The van der Waals surface area contributed by atoms with Gasteiger partial charge >= 0.3 is 0 Å². The number of halogens is 4. The molecule has 0 amide bonds. The third kappa shape index (κ3) is 2.27. The fraction of sp³-hybridized carbons (Fsp3) is 0.714. The third-order valence-corrected chi connectivity index (χ3v) is 10.1. The molecule has 0 aromatic rings. The van der Waals surface area contributed by atoms with Crippen LogP contribution in [0.2, 0.25) is 0 Å². The van der Waals surface area contributed by atoms with Gasteiger partial charge in [0.05, 0.1) is 16.1 Å². The summed E-state index contributed by atoms with van der Waals surface area (Å²) in [7, 11) is 0. The highest BCUT2D eigenvalue weighted by Gasteiger charge is 2.73. The molecule has 0 saturated heterocycles. The monoisotopic (exact) mass is 448 g/mol. The topological polar surface area (TPSA) is 54.4 Å². The van der Waals surface area contributed by atoms with Crippen LogP contribution in [0.25, 0.3) is 0 Å². The molecule has 0 aliphatic heterocycles. The van der Waals surface area contributed by atoms with Crippen molar-refractivity contribution in [3.63, 3.8) is 0 Å². The second-order valence-corrected chi connectivity index (χ2v) is 10.7. The third-order valence-electron chi connectivity index (χ3n) is 8.32. The van der Waals surface area contributed by atoms with Crippen LogP contribution in [0, 0.1) is 22.7 Å². The van der Waals surface area contributed by atoms with Crippen molar-refractivity contribution in [2.24, 2.45) is 22.7 Å². The van der Waals surface area contributed by atoms with Crippen LogP contribution in [0.3, 0.4) is 0 Å². The minimum atomic E-state index is -1.58. The van der Waals surface area contributed by atoms with E-state index in [1.165, 1.54) is 12.2 Å². The molecule has 0 spiro atoms. The van der Waals surface area contributed by atoms with E-state index in [0.29, 0.717) is 18.4 Å². The summed E-state index contributed by atoms with van der Waals surface area (Å²) in [6, 6.07) is 0. The summed E-state index contributed by atoms with van der Waals surface area (Å²) in [5, 5.41) is 10.7. The molecule has 3 saturated carbocycles. The predicted molar refractivity (Wildman–Crippen MR) is 108 cm³/mol. The molecule has 4 rings (SSSR count). The molecular formula is C21H24Cl3FO3. The van der Waals surface area contributed by atoms with Crippen molar-refractivity contribution < 1.29 is 19.1 Å². The zero-order valence-corrected chi connectivity index (χ0v) is 18.1. The number of rotatable bonds is 2. The first kappa shape index (κ1) is 20.8. The van der Waals surface area contributed by atoms with Crippen molar-refractivity contribution in [2.75, 3.05) is 5.88 Å². The summed E-state index contributed by atoms with van der Waals surface area (Å²) in [6.45, 7) is 3.71. The molecule has 0 bridgehead atoms. The Kier molecular flexibility index (Phi) is 4.68. The van der Waals surface area contributed by atoms with Gasteiger partial charge in [0, 0.05) is 10.8 Å². The van der Waals surface area contributed by atoms with E-state index >= 15 is 4.39 Å². The summed E-state index contributed by atoms with van der Waals surface area (Å²) in [4.78, 5) is 23.4. The highest BCUT2D eigenvalue weighted by atomic mass is 35.5. The van der Waals surface area contributed by atoms with Gasteiger partial charge in [-0.2, -0.15) is 0 Å². The molecule has 154 valence electrons. The Labute approximate surface area is 179 Å². The first-order valence-corrected chi connectivity index (χ1v) is 11.0. The molecule has 4 aliphatic rings. The lowest BCUT2D eigenvalue weighted by Crippen LogP contribution is -2.68. The largest absolute Gasteiger partial charge is 0.381 e. The van der Waals surface area contributed by atoms with Crippen molar-refractivity contribution in [2.45, 2.75) is 61.6 Å². The molecule has 0 aromatic carbocycles. The van der Waals surface area contributed by atoms with Crippen molar-refractivity contribution in [3.05, 3.63) is 23.8 Å². The fourth-order valence-electron chi connectivity index (χ4n) is 6.71. The first-order chi connectivity index (χ1) is 13.0. The summed E-state index contributed by atoms with van der Waals surface area (Å²) < 4.78 is 15.3. The van der Waals surface area contributed by atoms with Crippen LogP contribution in [-0.4, -0.2) is 44.6 Å². The van der Waals surface area contributed by atoms with Gasteiger partial charge < -0.3 is 5.11 Å². The van der Waals surface area contributed by atoms with E-state index in [-0.39, 0.29) is 36.3 Å². The maximum absolute atomic E-state index is 15.3. The van der Waals surface area contributed by atoms with Crippen LogP contribution in [0.5, 0.6) is 0 Å². The van der Waals surface area contributed by atoms with Crippen LogP contribution < -0.4 is 0 Å². The number of ketones is 2. The predicted octanol–water partition coefficient (Wildman–Crippen LogP) is 4.36. The van der Waals surface area contributed by atoms with Gasteiger partial charge in [-0.05, 0) is 55.2 Å². The van der Waals surface area contributed by atoms with E-state index < -0.39 is 38.6 Å². The van der Waals surface area contributed by atoms with Crippen LogP contribution in [0.4, 0.5) is 4.39 Å². The Morgan fingerprint density at radius 2 is 2.04 bits per heavy atom. The van der Waals surface area contributed by atoms with Crippen LogP contribution >= 0.6 is 34.8 Å². The SMILES string of the molecule is C[C@]12C=CC(=O)C=C1[C@@H](F)C[C@H]1[C@@H]3CC[C@](O)(C(=O)CCl)[C@@]3(C)C[C@H](Cl)[C@@]12Cl. The molecule has 8 atom stereocenters. The van der Waals surface area contributed by atoms with E-state index in [1.807, 2.05) is 13.8 Å². The van der Waals surface area contributed by atoms with Crippen molar-refractivity contribution in [1.82, 2.24) is 0 Å². The summed E-state index contributed by atoms with van der Waals surface area (Å²) in [5.74, 6) is -1.44. The molecule has 4 aliphatic carbocycles. The van der Waals surface area contributed by atoms with Gasteiger partial charge in [0.15, 0.2) is 11.6 Å². The fourth-order valence-corrected chi connectivity index (χ4v) is 8.13. The molecule has 7 heteroatoms.